The van der Waals surface area contributed by atoms with E-state index in [4.69, 9.17) is 9.57 Å². The van der Waals surface area contributed by atoms with Gasteiger partial charge in [-0.05, 0) is 17.7 Å². The van der Waals surface area contributed by atoms with Crippen molar-refractivity contribution in [3.63, 3.8) is 0 Å². The summed E-state index contributed by atoms with van der Waals surface area (Å²) in [6.07, 6.45) is 1.25. The van der Waals surface area contributed by atoms with Crippen molar-refractivity contribution in [2.45, 2.75) is 19.8 Å². The molecule has 0 amide bonds. The van der Waals surface area contributed by atoms with Gasteiger partial charge in [-0.3, -0.25) is 4.79 Å². The van der Waals surface area contributed by atoms with Gasteiger partial charge in [-0.1, -0.05) is 65.5 Å². The smallest absolute Gasteiger partial charge is 0.303 e. The molecule has 0 spiro atoms. The molecule has 2 aromatic rings. The molecular formula is C20H19NO3. The van der Waals surface area contributed by atoms with E-state index in [9.17, 15) is 4.79 Å². The average Bonchev–Trinajstić information content (AvgIpc) is 2.62. The van der Waals surface area contributed by atoms with Crippen LogP contribution in [-0.4, -0.2) is 18.3 Å². The molecule has 0 aliphatic carbocycles. The number of carbonyl (C=O) groups excluding carboxylic acids is 1. The van der Waals surface area contributed by atoms with Crippen LogP contribution in [-0.2, 0) is 9.53 Å². The third-order valence-electron chi connectivity index (χ3n) is 3.07. The highest BCUT2D eigenvalue weighted by atomic mass is 16.6. The molecule has 4 nitrogen and oxygen atoms in total. The number of para-hydroxylation sites is 1. The Morgan fingerprint density at radius 1 is 1.00 bits per heavy atom. The molecule has 0 unspecified atom stereocenters. The first-order valence-corrected chi connectivity index (χ1v) is 7.69. The van der Waals surface area contributed by atoms with Gasteiger partial charge in [0, 0.05) is 19.8 Å². The van der Waals surface area contributed by atoms with Crippen LogP contribution in [0.3, 0.4) is 0 Å². The number of benzene rings is 2. The van der Waals surface area contributed by atoms with Gasteiger partial charge in [-0.2, -0.15) is 0 Å². The molecule has 24 heavy (non-hydrogen) atoms. The van der Waals surface area contributed by atoms with Gasteiger partial charge in [-0.25, -0.2) is 0 Å². The lowest BCUT2D eigenvalue weighted by Gasteiger charge is -2.05. The number of ether oxygens (including phenoxy) is 1. The van der Waals surface area contributed by atoms with E-state index >= 15 is 0 Å². The van der Waals surface area contributed by atoms with Crippen molar-refractivity contribution in [2.24, 2.45) is 5.16 Å². The summed E-state index contributed by atoms with van der Waals surface area (Å²) in [4.78, 5) is 16.2. The summed E-state index contributed by atoms with van der Waals surface area (Å²) in [6.45, 7) is 1.48. The van der Waals surface area contributed by atoms with Crippen molar-refractivity contribution in [2.75, 3.05) is 6.61 Å². The molecule has 122 valence electrons. The highest BCUT2D eigenvalue weighted by Crippen LogP contribution is 2.12. The first kappa shape index (κ1) is 17.3. The molecule has 0 heterocycles. The molecule has 0 aromatic heterocycles. The fourth-order valence-electron chi connectivity index (χ4n) is 1.92. The summed E-state index contributed by atoms with van der Waals surface area (Å²) >= 11 is 0. The summed E-state index contributed by atoms with van der Waals surface area (Å²) in [5.74, 6) is 6.14. The first-order valence-electron chi connectivity index (χ1n) is 7.69. The minimum atomic E-state index is -0.327. The van der Waals surface area contributed by atoms with E-state index in [-0.39, 0.29) is 12.6 Å². The molecule has 4 heteroatoms. The molecule has 0 N–H and O–H groups in total. The summed E-state index contributed by atoms with van der Waals surface area (Å²) in [5.41, 5.74) is 1.82. The number of nitrogens with zero attached hydrogens (tertiary/aromatic N) is 1. The maximum atomic E-state index is 10.7. The Bertz CT molecular complexity index is 728. The zero-order valence-corrected chi connectivity index (χ0v) is 13.6. The van der Waals surface area contributed by atoms with E-state index in [0.29, 0.717) is 18.6 Å². The Balaban J connectivity index is 2.00. The van der Waals surface area contributed by atoms with Crippen molar-refractivity contribution in [3.05, 3.63) is 66.2 Å². The van der Waals surface area contributed by atoms with Gasteiger partial charge in [0.2, 0.25) is 0 Å². The Hall–Kier alpha value is -3.06. The summed E-state index contributed by atoms with van der Waals surface area (Å²) in [7, 11) is 0. The normalized spacial score (nSPS) is 10.5. The molecule has 0 bridgehead atoms. The summed E-state index contributed by atoms with van der Waals surface area (Å²) in [5, 5.41) is 4.27. The van der Waals surface area contributed by atoms with Gasteiger partial charge < -0.3 is 9.57 Å². The van der Waals surface area contributed by atoms with Gasteiger partial charge in [0.05, 0.1) is 5.71 Å². The van der Waals surface area contributed by atoms with Crippen LogP contribution >= 0.6 is 0 Å². The molecule has 0 fully saturated rings. The molecule has 0 saturated carbocycles. The lowest BCUT2D eigenvalue weighted by molar-refractivity contribution is -0.139. The predicted octanol–water partition coefficient (Wildman–Crippen LogP) is 3.82. The van der Waals surface area contributed by atoms with Gasteiger partial charge in [-0.15, -0.1) is 0 Å². The van der Waals surface area contributed by atoms with Crippen LogP contribution in [0.5, 0.6) is 5.75 Å². The Labute approximate surface area is 142 Å². The molecule has 0 radical (unpaired) electrons. The van der Waals surface area contributed by atoms with Gasteiger partial charge in [0.1, 0.15) is 0 Å². The quantitative estimate of drug-likeness (QED) is 0.352. The number of hydrogen-bond acceptors (Lipinski definition) is 4. The SMILES string of the molecule is CC(=O)OCC#CCC/C(=N/Oc1ccccc1)c1ccccc1. The van der Waals surface area contributed by atoms with Crippen LogP contribution in [0, 0.1) is 11.8 Å². The van der Waals surface area contributed by atoms with Gasteiger partial charge in [0.25, 0.3) is 0 Å². The van der Waals surface area contributed by atoms with Gasteiger partial charge >= 0.3 is 5.97 Å². The molecule has 0 aliphatic rings. The Morgan fingerprint density at radius 3 is 2.33 bits per heavy atom. The summed E-state index contributed by atoms with van der Waals surface area (Å²) < 4.78 is 4.77. The third kappa shape index (κ3) is 6.37. The topological polar surface area (TPSA) is 47.9 Å². The van der Waals surface area contributed by atoms with E-state index in [1.54, 1.807) is 0 Å². The number of hydrogen-bond donors (Lipinski definition) is 0. The van der Waals surface area contributed by atoms with Crippen LogP contribution in [0.2, 0.25) is 0 Å². The van der Waals surface area contributed by atoms with E-state index in [0.717, 1.165) is 11.3 Å². The van der Waals surface area contributed by atoms with Crippen molar-refractivity contribution < 1.29 is 14.4 Å². The zero-order valence-electron chi connectivity index (χ0n) is 13.6. The molecule has 0 atom stereocenters. The lowest BCUT2D eigenvalue weighted by Crippen LogP contribution is -2.03. The predicted molar refractivity (Wildman–Crippen MR) is 93.7 cm³/mol. The number of rotatable bonds is 6. The Morgan fingerprint density at radius 2 is 1.67 bits per heavy atom. The van der Waals surface area contributed by atoms with Gasteiger partial charge in [0.15, 0.2) is 12.4 Å². The number of esters is 1. The standard InChI is InChI=1S/C20H19NO3/c1-17(22)23-16-10-4-9-15-20(18-11-5-2-6-12-18)21-24-19-13-7-3-8-14-19/h2-3,5-8,11-14H,9,15-16H2,1H3/b21-20-. The molecule has 0 saturated heterocycles. The third-order valence-corrected chi connectivity index (χ3v) is 3.07. The maximum Gasteiger partial charge on any atom is 0.303 e. The molecule has 2 aromatic carbocycles. The van der Waals surface area contributed by atoms with Crippen LogP contribution in [0.15, 0.2) is 65.8 Å². The minimum absolute atomic E-state index is 0.119. The van der Waals surface area contributed by atoms with Crippen LogP contribution < -0.4 is 4.84 Å². The highest BCUT2D eigenvalue weighted by molar-refractivity contribution is 6.00. The first-order chi connectivity index (χ1) is 11.8. The second-order valence-electron chi connectivity index (χ2n) is 4.94. The van der Waals surface area contributed by atoms with E-state index in [2.05, 4.69) is 17.0 Å². The molecule has 0 aliphatic heterocycles. The number of oxime groups is 1. The van der Waals surface area contributed by atoms with Crippen molar-refractivity contribution in [3.8, 4) is 17.6 Å². The number of carbonyl (C=O) groups is 1. The van der Waals surface area contributed by atoms with Crippen LogP contribution in [0.25, 0.3) is 0 Å². The van der Waals surface area contributed by atoms with E-state index < -0.39 is 0 Å². The highest BCUT2D eigenvalue weighted by Gasteiger charge is 2.04. The monoisotopic (exact) mass is 321 g/mol. The zero-order chi connectivity index (χ0) is 17.0. The van der Waals surface area contributed by atoms with Crippen molar-refractivity contribution in [1.82, 2.24) is 0 Å². The average molecular weight is 321 g/mol. The fourth-order valence-corrected chi connectivity index (χ4v) is 1.92. The maximum absolute atomic E-state index is 10.7. The largest absolute Gasteiger partial charge is 0.453 e. The van der Waals surface area contributed by atoms with Crippen molar-refractivity contribution in [1.29, 1.82) is 0 Å². The molecule has 2 rings (SSSR count). The lowest BCUT2D eigenvalue weighted by atomic mass is 10.1. The van der Waals surface area contributed by atoms with E-state index in [1.807, 2.05) is 60.7 Å². The van der Waals surface area contributed by atoms with Crippen molar-refractivity contribution >= 4 is 11.7 Å². The van der Waals surface area contributed by atoms with Crippen LogP contribution in [0.1, 0.15) is 25.3 Å². The fraction of sp³-hybridized carbons (Fsp3) is 0.200. The Kier molecular flexibility index (Phi) is 7.10. The molecular weight excluding hydrogens is 302 g/mol. The van der Waals surface area contributed by atoms with E-state index in [1.165, 1.54) is 6.92 Å². The summed E-state index contributed by atoms with van der Waals surface area (Å²) in [6, 6.07) is 19.3. The minimum Gasteiger partial charge on any atom is -0.453 e. The second kappa shape index (κ2) is 9.86. The van der Waals surface area contributed by atoms with Crippen LogP contribution in [0.4, 0.5) is 0 Å². The second-order valence-corrected chi connectivity index (χ2v) is 4.94.